The Hall–Kier alpha value is -8.30. The van der Waals surface area contributed by atoms with E-state index in [0.717, 1.165) is 109 Å². The van der Waals surface area contributed by atoms with Crippen LogP contribution in [0.15, 0.2) is 97.1 Å². The Labute approximate surface area is 302 Å². The van der Waals surface area contributed by atoms with E-state index in [-0.39, 0.29) is 0 Å². The van der Waals surface area contributed by atoms with E-state index in [1.54, 1.807) is 0 Å². The van der Waals surface area contributed by atoms with Crippen molar-refractivity contribution in [2.45, 2.75) is 0 Å². The Kier molecular flexibility index (Phi) is 4.54. The maximum absolute atomic E-state index is 10.4. The first-order valence-electron chi connectivity index (χ1n) is 17.4. The lowest BCUT2D eigenvalue weighted by Crippen LogP contribution is -1.92. The van der Waals surface area contributed by atoms with Gasteiger partial charge in [-0.05, 0) is 66.0 Å². The maximum atomic E-state index is 10.4. The minimum absolute atomic E-state index is 0.506. The third-order valence-electron chi connectivity index (χ3n) is 11.7. The van der Waals surface area contributed by atoms with Crippen LogP contribution in [-0.2, 0) is 0 Å². The molecule has 8 nitrogen and oxygen atoms in total. The smallest absolute Gasteiger partial charge is 0.100 e. The van der Waals surface area contributed by atoms with E-state index >= 15 is 0 Å². The van der Waals surface area contributed by atoms with Crippen LogP contribution < -0.4 is 0 Å². The van der Waals surface area contributed by atoms with Crippen LogP contribution >= 0.6 is 0 Å². The summed E-state index contributed by atoms with van der Waals surface area (Å²) in [6, 6.07) is 41.1. The summed E-state index contributed by atoms with van der Waals surface area (Å²) in [6.45, 7) is 0. The van der Waals surface area contributed by atoms with Gasteiger partial charge in [0.2, 0.25) is 0 Å². The van der Waals surface area contributed by atoms with Crippen LogP contribution in [0.2, 0.25) is 0 Å². The molecule has 5 heterocycles. The second kappa shape index (κ2) is 8.94. The predicted octanol–water partition coefficient (Wildman–Crippen LogP) is 10.3. The van der Waals surface area contributed by atoms with Crippen LogP contribution in [0.25, 0.3) is 120 Å². The fourth-order valence-electron chi connectivity index (χ4n) is 9.71. The summed E-state index contributed by atoms with van der Waals surface area (Å²) in [5.74, 6) is 0. The number of hydrogen-bond donors (Lipinski definition) is 0. The van der Waals surface area contributed by atoms with Crippen molar-refractivity contribution in [1.29, 1.82) is 21.0 Å². The van der Waals surface area contributed by atoms with Gasteiger partial charge in [0.05, 0.1) is 90.7 Å². The molecule has 0 unspecified atom stereocenters. The van der Waals surface area contributed by atoms with Crippen molar-refractivity contribution in [3.63, 3.8) is 0 Å². The van der Waals surface area contributed by atoms with Gasteiger partial charge in [-0.25, -0.2) is 9.97 Å². The van der Waals surface area contributed by atoms with Gasteiger partial charge in [-0.1, -0.05) is 36.4 Å². The molecule has 8 heteroatoms. The molecule has 54 heavy (non-hydrogen) atoms. The molecule has 0 atom stereocenters. The number of hydrogen-bond acceptors (Lipinski definition) is 6. The summed E-state index contributed by atoms with van der Waals surface area (Å²) in [6.07, 6.45) is 0. The summed E-state index contributed by atoms with van der Waals surface area (Å²) >= 11 is 0. The number of nitriles is 4. The van der Waals surface area contributed by atoms with Crippen LogP contribution in [0.3, 0.4) is 0 Å². The minimum atomic E-state index is 0.506. The second-order valence-electron chi connectivity index (χ2n) is 14.2. The molecule has 240 valence electrons. The lowest BCUT2D eigenvalue weighted by Gasteiger charge is -2.08. The molecular weight excluding hydrogens is 665 g/mol. The third kappa shape index (κ3) is 2.90. The highest BCUT2D eigenvalue weighted by Crippen LogP contribution is 2.50. The van der Waals surface area contributed by atoms with Crippen molar-refractivity contribution in [3.8, 4) is 24.3 Å². The Morgan fingerprint density at radius 3 is 1.24 bits per heavy atom. The SMILES string of the molecule is N#Cc1ccc2c(c1)c1cc(C#N)cc3c4c5nc6c7cccc8cccc(c6nc5c5c6cc(C#N)cc9c%10cc(C#N)ccc%10n(c96)c5c4n2c13)c87. The molecular formula is C46H16N8. The van der Waals surface area contributed by atoms with Crippen molar-refractivity contribution in [2.24, 2.45) is 0 Å². The van der Waals surface area contributed by atoms with Crippen LogP contribution in [-0.4, -0.2) is 18.8 Å². The third-order valence-corrected chi connectivity index (χ3v) is 11.7. The molecule has 5 aromatic heterocycles. The summed E-state index contributed by atoms with van der Waals surface area (Å²) in [7, 11) is 0. The highest BCUT2D eigenvalue weighted by Gasteiger charge is 2.30. The molecule has 0 radical (unpaired) electrons. The monoisotopic (exact) mass is 680 g/mol. The lowest BCUT2D eigenvalue weighted by molar-refractivity contribution is 1.33. The number of benzene rings is 7. The molecule has 13 aromatic rings. The second-order valence-corrected chi connectivity index (χ2v) is 14.2. The summed E-state index contributed by atoms with van der Waals surface area (Å²) in [5, 5.41) is 51.9. The van der Waals surface area contributed by atoms with Crippen molar-refractivity contribution in [2.75, 3.05) is 0 Å². The first-order valence-corrected chi connectivity index (χ1v) is 17.4. The molecule has 0 aliphatic carbocycles. The van der Waals surface area contributed by atoms with E-state index in [2.05, 4.69) is 69.5 Å². The topological polar surface area (TPSA) is 130 Å². The zero-order valence-corrected chi connectivity index (χ0v) is 27.8. The zero-order chi connectivity index (χ0) is 35.7. The van der Waals surface area contributed by atoms with Gasteiger partial charge in [0, 0.05) is 59.2 Å². The van der Waals surface area contributed by atoms with Gasteiger partial charge >= 0.3 is 0 Å². The quantitative estimate of drug-likeness (QED) is 0.157. The van der Waals surface area contributed by atoms with Crippen molar-refractivity contribution >= 4 is 120 Å². The molecule has 0 bridgehead atoms. The van der Waals surface area contributed by atoms with Crippen LogP contribution in [0.1, 0.15) is 22.3 Å². The number of nitrogens with zero attached hydrogens (tertiary/aromatic N) is 8. The molecule has 8 aromatic carbocycles. The Balaban J connectivity index is 1.43. The summed E-state index contributed by atoms with van der Waals surface area (Å²) < 4.78 is 4.53. The molecule has 13 rings (SSSR count). The van der Waals surface area contributed by atoms with E-state index < -0.39 is 0 Å². The van der Waals surface area contributed by atoms with E-state index in [1.165, 1.54) is 0 Å². The van der Waals surface area contributed by atoms with Gasteiger partial charge in [0.1, 0.15) is 11.0 Å². The maximum Gasteiger partial charge on any atom is 0.100 e. The molecule has 0 saturated heterocycles. The highest BCUT2D eigenvalue weighted by atomic mass is 15.0. The zero-order valence-electron chi connectivity index (χ0n) is 27.8. The highest BCUT2D eigenvalue weighted by molar-refractivity contribution is 6.41. The normalized spacial score (nSPS) is 12.4. The molecule has 0 saturated carbocycles. The van der Waals surface area contributed by atoms with Crippen molar-refractivity contribution in [1.82, 2.24) is 18.8 Å². The predicted molar refractivity (Wildman–Crippen MR) is 211 cm³/mol. The Bertz CT molecular complexity index is 3850. The molecule has 0 N–H and O–H groups in total. The van der Waals surface area contributed by atoms with Gasteiger partial charge < -0.3 is 8.80 Å². The number of rotatable bonds is 0. The molecule has 0 spiro atoms. The number of fused-ring (bicyclic) bond motifs is 19. The lowest BCUT2D eigenvalue weighted by atomic mass is 9.99. The Morgan fingerprint density at radius 2 is 0.796 bits per heavy atom. The van der Waals surface area contributed by atoms with Gasteiger partial charge in [-0.2, -0.15) is 21.0 Å². The summed E-state index contributed by atoms with van der Waals surface area (Å²) in [5.41, 5.74) is 10.6. The first kappa shape index (κ1) is 27.4. The van der Waals surface area contributed by atoms with Gasteiger partial charge in [-0.15, -0.1) is 0 Å². The fraction of sp³-hybridized carbons (Fsp3) is 0. The first-order chi connectivity index (χ1) is 26.6. The van der Waals surface area contributed by atoms with Crippen LogP contribution in [0.5, 0.6) is 0 Å². The van der Waals surface area contributed by atoms with Crippen LogP contribution in [0.4, 0.5) is 0 Å². The van der Waals surface area contributed by atoms with E-state index in [9.17, 15) is 21.0 Å². The number of aromatic nitrogens is 4. The van der Waals surface area contributed by atoms with Crippen molar-refractivity contribution in [3.05, 3.63) is 119 Å². The average molecular weight is 681 g/mol. The molecule has 0 amide bonds. The summed E-state index contributed by atoms with van der Waals surface area (Å²) in [4.78, 5) is 11.2. The van der Waals surface area contributed by atoms with Gasteiger partial charge in [-0.3, -0.25) is 0 Å². The standard InChI is InChI=1S/C46H16N8/c47-17-21-7-9-34-28(11-21)30-13-23(19-49)15-32-37-41-42(52-40-27-6-2-4-25-3-1-5-26(36(25)27)39(40)51-41)38-33-16-24(20-50)14-31-29-12-22(18-48)8-10-35(29)54(44(31)33)46(38)45(37)53(34)43(30)32/h1-16H. The average Bonchev–Trinajstić information content (AvgIpc) is 4.00. The van der Waals surface area contributed by atoms with Gasteiger partial charge in [0.15, 0.2) is 0 Å². The Morgan fingerprint density at radius 1 is 0.370 bits per heavy atom. The largest absolute Gasteiger partial charge is 0.306 e. The van der Waals surface area contributed by atoms with E-state index in [4.69, 9.17) is 9.97 Å². The van der Waals surface area contributed by atoms with Gasteiger partial charge in [0.25, 0.3) is 0 Å². The molecule has 0 aliphatic heterocycles. The van der Waals surface area contributed by atoms with E-state index in [1.807, 2.05) is 60.7 Å². The fourth-order valence-corrected chi connectivity index (χ4v) is 9.71. The molecule has 0 fully saturated rings. The van der Waals surface area contributed by atoms with Crippen LogP contribution in [0, 0.1) is 45.3 Å². The molecule has 0 aliphatic rings. The minimum Gasteiger partial charge on any atom is -0.306 e. The van der Waals surface area contributed by atoms with E-state index in [0.29, 0.717) is 33.3 Å². The van der Waals surface area contributed by atoms with Crippen molar-refractivity contribution < 1.29 is 0 Å².